The SMILES string of the molecule is CCCN(CCC(C)(N)C#N)C1CC1. The second kappa shape index (κ2) is 4.77. The molecule has 1 aliphatic rings. The molecule has 14 heavy (non-hydrogen) atoms. The summed E-state index contributed by atoms with van der Waals surface area (Å²) in [5, 5.41) is 8.80. The summed E-state index contributed by atoms with van der Waals surface area (Å²) in [5.41, 5.74) is 5.14. The topological polar surface area (TPSA) is 53.0 Å². The molecular weight excluding hydrogens is 174 g/mol. The van der Waals surface area contributed by atoms with E-state index in [2.05, 4.69) is 17.9 Å². The van der Waals surface area contributed by atoms with Crippen molar-refractivity contribution in [3.05, 3.63) is 0 Å². The first kappa shape index (κ1) is 11.5. The van der Waals surface area contributed by atoms with E-state index in [9.17, 15) is 0 Å². The molecule has 0 heterocycles. The summed E-state index contributed by atoms with van der Waals surface area (Å²) < 4.78 is 0. The van der Waals surface area contributed by atoms with Gasteiger partial charge in [-0.05, 0) is 39.2 Å². The molecular formula is C11H21N3. The first-order valence-corrected chi connectivity index (χ1v) is 5.53. The molecule has 1 aliphatic carbocycles. The van der Waals surface area contributed by atoms with Crippen molar-refractivity contribution in [3.8, 4) is 6.07 Å². The molecule has 80 valence electrons. The van der Waals surface area contributed by atoms with Crippen LogP contribution in [0, 0.1) is 11.3 Å². The molecule has 0 aromatic rings. The molecule has 1 saturated carbocycles. The second-order valence-corrected chi connectivity index (χ2v) is 4.55. The molecule has 0 radical (unpaired) electrons. The van der Waals surface area contributed by atoms with E-state index in [1.54, 1.807) is 0 Å². The Morgan fingerprint density at radius 2 is 2.14 bits per heavy atom. The number of nitriles is 1. The first-order chi connectivity index (χ1) is 6.59. The fourth-order valence-corrected chi connectivity index (χ4v) is 1.64. The van der Waals surface area contributed by atoms with Crippen molar-refractivity contribution >= 4 is 0 Å². The molecule has 0 spiro atoms. The van der Waals surface area contributed by atoms with Gasteiger partial charge in [0.15, 0.2) is 0 Å². The van der Waals surface area contributed by atoms with Crippen molar-refractivity contribution in [2.24, 2.45) is 5.73 Å². The van der Waals surface area contributed by atoms with Crippen molar-refractivity contribution < 1.29 is 0 Å². The number of hydrogen-bond donors (Lipinski definition) is 1. The zero-order valence-electron chi connectivity index (χ0n) is 9.29. The van der Waals surface area contributed by atoms with Crippen LogP contribution in [0.25, 0.3) is 0 Å². The van der Waals surface area contributed by atoms with Crippen LogP contribution in [-0.4, -0.2) is 29.6 Å². The molecule has 1 atom stereocenters. The van der Waals surface area contributed by atoms with Crippen LogP contribution >= 0.6 is 0 Å². The van der Waals surface area contributed by atoms with E-state index in [0.717, 1.165) is 25.6 Å². The molecule has 0 amide bonds. The average molecular weight is 195 g/mol. The fourth-order valence-electron chi connectivity index (χ4n) is 1.64. The lowest BCUT2D eigenvalue weighted by molar-refractivity contribution is 0.246. The molecule has 0 aromatic heterocycles. The van der Waals surface area contributed by atoms with Gasteiger partial charge < -0.3 is 10.6 Å². The Morgan fingerprint density at radius 3 is 2.57 bits per heavy atom. The number of nitrogens with zero attached hydrogens (tertiary/aromatic N) is 2. The minimum absolute atomic E-state index is 0.652. The Labute approximate surface area is 86.9 Å². The van der Waals surface area contributed by atoms with Gasteiger partial charge in [-0.1, -0.05) is 6.92 Å². The molecule has 0 saturated heterocycles. The average Bonchev–Trinajstić information content (AvgIpc) is 2.95. The molecule has 1 rings (SSSR count). The zero-order valence-corrected chi connectivity index (χ0v) is 9.29. The molecule has 0 bridgehead atoms. The highest BCUT2D eigenvalue weighted by atomic mass is 15.2. The fraction of sp³-hybridized carbons (Fsp3) is 0.909. The van der Waals surface area contributed by atoms with Gasteiger partial charge in [-0.3, -0.25) is 0 Å². The van der Waals surface area contributed by atoms with Gasteiger partial charge >= 0.3 is 0 Å². The van der Waals surface area contributed by atoms with Crippen molar-refractivity contribution in [1.29, 1.82) is 5.26 Å². The van der Waals surface area contributed by atoms with Crippen molar-refractivity contribution in [2.75, 3.05) is 13.1 Å². The van der Waals surface area contributed by atoms with Crippen molar-refractivity contribution in [1.82, 2.24) is 4.90 Å². The van der Waals surface area contributed by atoms with Gasteiger partial charge in [-0.2, -0.15) is 5.26 Å². The van der Waals surface area contributed by atoms with Crippen LogP contribution in [0.4, 0.5) is 0 Å². The monoisotopic (exact) mass is 195 g/mol. The Bertz CT molecular complexity index is 213. The van der Waals surface area contributed by atoms with E-state index >= 15 is 0 Å². The lowest BCUT2D eigenvalue weighted by atomic mass is 10.0. The Kier molecular flexibility index (Phi) is 3.91. The Morgan fingerprint density at radius 1 is 1.50 bits per heavy atom. The quantitative estimate of drug-likeness (QED) is 0.698. The Balaban J connectivity index is 2.30. The minimum Gasteiger partial charge on any atom is -0.314 e. The third-order valence-electron chi connectivity index (χ3n) is 2.75. The predicted octanol–water partition coefficient (Wildman–Crippen LogP) is 1.49. The Hall–Kier alpha value is -0.590. The molecule has 1 unspecified atom stereocenters. The van der Waals surface area contributed by atoms with Crippen molar-refractivity contribution in [2.45, 2.75) is 51.1 Å². The maximum absolute atomic E-state index is 8.80. The molecule has 0 aromatic carbocycles. The van der Waals surface area contributed by atoms with Crippen molar-refractivity contribution in [3.63, 3.8) is 0 Å². The van der Waals surface area contributed by atoms with E-state index in [-0.39, 0.29) is 0 Å². The maximum Gasteiger partial charge on any atom is 0.102 e. The highest BCUT2D eigenvalue weighted by Gasteiger charge is 2.29. The maximum atomic E-state index is 8.80. The summed E-state index contributed by atoms with van der Waals surface area (Å²) in [6.07, 6.45) is 4.62. The smallest absolute Gasteiger partial charge is 0.102 e. The summed E-state index contributed by atoms with van der Waals surface area (Å²) in [5.74, 6) is 0. The van der Waals surface area contributed by atoms with Gasteiger partial charge in [0.25, 0.3) is 0 Å². The van der Waals surface area contributed by atoms with Gasteiger partial charge in [0.2, 0.25) is 0 Å². The van der Waals surface area contributed by atoms with Crippen LogP contribution in [0.15, 0.2) is 0 Å². The van der Waals surface area contributed by atoms with E-state index in [0.29, 0.717) is 0 Å². The second-order valence-electron chi connectivity index (χ2n) is 4.55. The first-order valence-electron chi connectivity index (χ1n) is 5.53. The van der Waals surface area contributed by atoms with Gasteiger partial charge in [0, 0.05) is 12.6 Å². The third-order valence-corrected chi connectivity index (χ3v) is 2.75. The summed E-state index contributed by atoms with van der Waals surface area (Å²) >= 11 is 0. The van der Waals surface area contributed by atoms with E-state index in [4.69, 9.17) is 11.0 Å². The van der Waals surface area contributed by atoms with Gasteiger partial charge in [0.1, 0.15) is 5.54 Å². The van der Waals surface area contributed by atoms with Crippen LogP contribution in [0.5, 0.6) is 0 Å². The van der Waals surface area contributed by atoms with Crippen LogP contribution in [-0.2, 0) is 0 Å². The summed E-state index contributed by atoms with van der Waals surface area (Å²) in [6.45, 7) is 6.12. The van der Waals surface area contributed by atoms with Crippen LogP contribution in [0.1, 0.15) is 39.5 Å². The van der Waals surface area contributed by atoms with E-state index in [1.165, 1.54) is 19.3 Å². The van der Waals surface area contributed by atoms with Gasteiger partial charge in [-0.15, -0.1) is 0 Å². The van der Waals surface area contributed by atoms with E-state index < -0.39 is 5.54 Å². The van der Waals surface area contributed by atoms with Gasteiger partial charge in [-0.25, -0.2) is 0 Å². The minimum atomic E-state index is -0.652. The molecule has 0 aliphatic heterocycles. The third kappa shape index (κ3) is 3.65. The molecule has 3 heteroatoms. The van der Waals surface area contributed by atoms with Gasteiger partial charge in [0.05, 0.1) is 6.07 Å². The number of nitrogens with two attached hydrogens (primary N) is 1. The lowest BCUT2D eigenvalue weighted by Gasteiger charge is -2.24. The van der Waals surface area contributed by atoms with Crippen LogP contribution in [0.2, 0.25) is 0 Å². The van der Waals surface area contributed by atoms with Crippen LogP contribution < -0.4 is 5.73 Å². The molecule has 1 fully saturated rings. The predicted molar refractivity (Wildman–Crippen MR) is 57.7 cm³/mol. The standard InChI is InChI=1S/C11H21N3/c1-3-7-14(10-4-5-10)8-6-11(2,13)9-12/h10H,3-8,13H2,1-2H3. The van der Waals surface area contributed by atoms with Crippen LogP contribution in [0.3, 0.4) is 0 Å². The lowest BCUT2D eigenvalue weighted by Crippen LogP contribution is -2.39. The molecule has 3 nitrogen and oxygen atoms in total. The number of rotatable bonds is 6. The normalized spacial score (nSPS) is 20.5. The molecule has 2 N–H and O–H groups in total. The number of hydrogen-bond acceptors (Lipinski definition) is 3. The largest absolute Gasteiger partial charge is 0.314 e. The summed E-state index contributed by atoms with van der Waals surface area (Å²) in [6, 6.07) is 2.93. The summed E-state index contributed by atoms with van der Waals surface area (Å²) in [4.78, 5) is 2.47. The summed E-state index contributed by atoms with van der Waals surface area (Å²) in [7, 11) is 0. The zero-order chi connectivity index (χ0) is 10.6. The van der Waals surface area contributed by atoms with E-state index in [1.807, 2.05) is 6.92 Å². The highest BCUT2D eigenvalue weighted by Crippen LogP contribution is 2.27. The highest BCUT2D eigenvalue weighted by molar-refractivity contribution is 5.01.